The predicted molar refractivity (Wildman–Crippen MR) is 66.2 cm³/mol. The summed E-state index contributed by atoms with van der Waals surface area (Å²) < 4.78 is 0. The molecule has 6 unspecified atom stereocenters. The summed E-state index contributed by atoms with van der Waals surface area (Å²) in [5, 5.41) is 11.3. The third kappa shape index (κ3) is 1.79. The Balaban J connectivity index is 1.66. The first-order valence-corrected chi connectivity index (χ1v) is 7.01. The van der Waals surface area contributed by atoms with Crippen molar-refractivity contribution in [2.75, 3.05) is 6.54 Å². The van der Waals surface area contributed by atoms with Crippen LogP contribution in [0.15, 0.2) is 0 Å². The molecule has 3 N–H and O–H groups in total. The van der Waals surface area contributed by atoms with Crippen LogP contribution in [0, 0.1) is 11.8 Å². The third-order valence-electron chi connectivity index (χ3n) is 5.10. The highest BCUT2D eigenvalue weighted by atomic mass is 15.3. The first-order chi connectivity index (χ1) is 7.75. The van der Waals surface area contributed by atoms with Crippen LogP contribution in [-0.4, -0.2) is 30.8 Å². The van der Waals surface area contributed by atoms with Crippen LogP contribution in [0.5, 0.6) is 0 Å². The van der Waals surface area contributed by atoms with Gasteiger partial charge in [0.05, 0.1) is 6.17 Å². The molecule has 0 radical (unpaired) electrons. The molecule has 3 fully saturated rings. The minimum Gasteiger partial charge on any atom is -0.311 e. The first kappa shape index (κ1) is 11.0. The van der Waals surface area contributed by atoms with E-state index in [-0.39, 0.29) is 0 Å². The summed E-state index contributed by atoms with van der Waals surface area (Å²) >= 11 is 0. The fourth-order valence-corrected chi connectivity index (χ4v) is 3.77. The highest BCUT2D eigenvalue weighted by Crippen LogP contribution is 2.33. The number of hydrogen-bond donors (Lipinski definition) is 3. The maximum atomic E-state index is 3.84. The van der Waals surface area contributed by atoms with Crippen molar-refractivity contribution in [2.24, 2.45) is 11.8 Å². The normalized spacial score (nSPS) is 52.9. The standard InChI is InChI=1S/C13H25N3/c1-8-5-6-10-12(9(8)2)16-13(15-10)11-4-3-7-14-11/h8-16H,3-7H2,1-2H3. The lowest BCUT2D eigenvalue weighted by atomic mass is 9.76. The van der Waals surface area contributed by atoms with Crippen LogP contribution in [0.1, 0.15) is 39.5 Å². The molecule has 2 aliphatic heterocycles. The number of hydrogen-bond acceptors (Lipinski definition) is 3. The quantitative estimate of drug-likeness (QED) is 0.622. The zero-order chi connectivity index (χ0) is 11.1. The lowest BCUT2D eigenvalue weighted by Crippen LogP contribution is -2.49. The Morgan fingerprint density at radius 1 is 0.938 bits per heavy atom. The van der Waals surface area contributed by atoms with Gasteiger partial charge in [-0.2, -0.15) is 0 Å². The summed E-state index contributed by atoms with van der Waals surface area (Å²) in [6, 6.07) is 2.09. The molecule has 92 valence electrons. The Morgan fingerprint density at radius 3 is 2.56 bits per heavy atom. The Morgan fingerprint density at radius 2 is 1.81 bits per heavy atom. The summed E-state index contributed by atoms with van der Waals surface area (Å²) in [5.41, 5.74) is 0. The summed E-state index contributed by atoms with van der Waals surface area (Å²) in [7, 11) is 0. The van der Waals surface area contributed by atoms with Crippen molar-refractivity contribution in [3.05, 3.63) is 0 Å². The SMILES string of the molecule is CC1CCC2NC(C3CCCN3)NC2C1C. The lowest BCUT2D eigenvalue weighted by Gasteiger charge is -2.35. The second-order valence-electron chi connectivity index (χ2n) is 6.06. The van der Waals surface area contributed by atoms with Crippen LogP contribution in [0.3, 0.4) is 0 Å². The van der Waals surface area contributed by atoms with Crippen molar-refractivity contribution in [3.63, 3.8) is 0 Å². The molecule has 0 spiro atoms. The van der Waals surface area contributed by atoms with E-state index in [0.717, 1.165) is 17.9 Å². The smallest absolute Gasteiger partial charge is 0.0735 e. The minimum atomic E-state index is 0.519. The second kappa shape index (κ2) is 4.28. The van der Waals surface area contributed by atoms with E-state index in [9.17, 15) is 0 Å². The molecule has 0 aromatic rings. The highest BCUT2D eigenvalue weighted by Gasteiger charge is 2.43. The Bertz CT molecular complexity index is 250. The second-order valence-corrected chi connectivity index (χ2v) is 6.06. The molecule has 6 atom stereocenters. The maximum Gasteiger partial charge on any atom is 0.0735 e. The fraction of sp³-hybridized carbons (Fsp3) is 1.00. The molecule has 0 aromatic carbocycles. The molecule has 1 aliphatic carbocycles. The van der Waals surface area contributed by atoms with Gasteiger partial charge in [-0.3, -0.25) is 10.6 Å². The molecular formula is C13H25N3. The average Bonchev–Trinajstić information content (AvgIpc) is 2.91. The van der Waals surface area contributed by atoms with E-state index in [1.165, 1.54) is 32.2 Å². The van der Waals surface area contributed by atoms with Gasteiger partial charge in [0.25, 0.3) is 0 Å². The van der Waals surface area contributed by atoms with E-state index in [4.69, 9.17) is 0 Å². The number of fused-ring (bicyclic) bond motifs is 1. The van der Waals surface area contributed by atoms with Gasteiger partial charge < -0.3 is 5.32 Å². The molecule has 3 heteroatoms. The molecule has 0 bridgehead atoms. The molecule has 1 saturated carbocycles. The third-order valence-corrected chi connectivity index (χ3v) is 5.10. The van der Waals surface area contributed by atoms with Crippen LogP contribution >= 0.6 is 0 Å². The molecule has 2 saturated heterocycles. The van der Waals surface area contributed by atoms with Crippen molar-refractivity contribution in [3.8, 4) is 0 Å². The number of nitrogens with one attached hydrogen (secondary N) is 3. The van der Waals surface area contributed by atoms with Crippen LogP contribution in [0.25, 0.3) is 0 Å². The van der Waals surface area contributed by atoms with Crippen molar-refractivity contribution in [2.45, 2.75) is 63.8 Å². The summed E-state index contributed by atoms with van der Waals surface area (Å²) in [4.78, 5) is 0. The lowest BCUT2D eigenvalue weighted by molar-refractivity contribution is 0.206. The zero-order valence-electron chi connectivity index (χ0n) is 10.5. The summed E-state index contributed by atoms with van der Waals surface area (Å²) in [6.07, 6.45) is 5.93. The van der Waals surface area contributed by atoms with Crippen LogP contribution in [0.4, 0.5) is 0 Å². The molecule has 16 heavy (non-hydrogen) atoms. The van der Waals surface area contributed by atoms with Crippen molar-refractivity contribution < 1.29 is 0 Å². The van der Waals surface area contributed by atoms with E-state index in [0.29, 0.717) is 18.2 Å². The molecule has 2 heterocycles. The van der Waals surface area contributed by atoms with Crippen molar-refractivity contribution in [1.29, 1.82) is 0 Å². The van der Waals surface area contributed by atoms with Crippen LogP contribution in [-0.2, 0) is 0 Å². The van der Waals surface area contributed by atoms with Crippen LogP contribution < -0.4 is 16.0 Å². The van der Waals surface area contributed by atoms with E-state index in [2.05, 4.69) is 29.8 Å². The van der Waals surface area contributed by atoms with Gasteiger partial charge in [0.2, 0.25) is 0 Å². The fourth-order valence-electron chi connectivity index (χ4n) is 3.77. The Hall–Kier alpha value is -0.120. The molecular weight excluding hydrogens is 198 g/mol. The maximum absolute atomic E-state index is 3.84. The monoisotopic (exact) mass is 223 g/mol. The van der Waals surface area contributed by atoms with E-state index in [1.807, 2.05) is 0 Å². The van der Waals surface area contributed by atoms with Gasteiger partial charge in [0.15, 0.2) is 0 Å². The van der Waals surface area contributed by atoms with Gasteiger partial charge in [-0.1, -0.05) is 13.8 Å². The van der Waals surface area contributed by atoms with E-state index >= 15 is 0 Å². The molecule has 3 nitrogen and oxygen atoms in total. The predicted octanol–water partition coefficient (Wildman–Crippen LogP) is 1.06. The zero-order valence-corrected chi connectivity index (χ0v) is 10.5. The van der Waals surface area contributed by atoms with Gasteiger partial charge in [-0.05, 0) is 44.1 Å². The Labute approximate surface area is 98.8 Å². The number of rotatable bonds is 1. The van der Waals surface area contributed by atoms with Gasteiger partial charge in [-0.15, -0.1) is 0 Å². The summed E-state index contributed by atoms with van der Waals surface area (Å²) in [5.74, 6) is 1.70. The highest BCUT2D eigenvalue weighted by molar-refractivity contribution is 5.03. The topological polar surface area (TPSA) is 36.1 Å². The first-order valence-electron chi connectivity index (χ1n) is 7.01. The summed E-state index contributed by atoms with van der Waals surface area (Å²) in [6.45, 7) is 6.02. The van der Waals surface area contributed by atoms with Gasteiger partial charge in [-0.25, -0.2) is 0 Å². The molecule has 3 aliphatic rings. The average molecular weight is 223 g/mol. The molecule has 0 amide bonds. The van der Waals surface area contributed by atoms with Gasteiger partial charge in [0, 0.05) is 18.1 Å². The van der Waals surface area contributed by atoms with E-state index < -0.39 is 0 Å². The minimum absolute atomic E-state index is 0.519. The van der Waals surface area contributed by atoms with E-state index in [1.54, 1.807) is 0 Å². The Kier molecular flexibility index (Phi) is 2.94. The van der Waals surface area contributed by atoms with Gasteiger partial charge in [0.1, 0.15) is 0 Å². The van der Waals surface area contributed by atoms with Crippen molar-refractivity contribution >= 4 is 0 Å². The van der Waals surface area contributed by atoms with Crippen molar-refractivity contribution in [1.82, 2.24) is 16.0 Å². The van der Waals surface area contributed by atoms with Crippen LogP contribution in [0.2, 0.25) is 0 Å². The molecule has 3 rings (SSSR count). The largest absolute Gasteiger partial charge is 0.311 e. The molecule has 0 aromatic heterocycles. The van der Waals surface area contributed by atoms with Gasteiger partial charge >= 0.3 is 0 Å².